The first-order valence-corrected chi connectivity index (χ1v) is 6.45. The maximum Gasteiger partial charge on any atom is 0.194 e. The Morgan fingerprint density at radius 2 is 1.35 bits per heavy atom. The molecular formula is C15H9IO. The van der Waals surface area contributed by atoms with Crippen molar-refractivity contribution in [3.8, 4) is 0 Å². The number of benzene rings is 2. The van der Waals surface area contributed by atoms with E-state index in [0.717, 1.165) is 25.1 Å². The van der Waals surface area contributed by atoms with E-state index < -0.39 is 0 Å². The van der Waals surface area contributed by atoms with Crippen LogP contribution in [0.1, 0.15) is 0 Å². The molecule has 3 aromatic carbocycles. The highest BCUT2D eigenvalue weighted by Crippen LogP contribution is 2.21. The van der Waals surface area contributed by atoms with E-state index >= 15 is 0 Å². The fourth-order valence-corrected chi connectivity index (χ4v) is 2.88. The van der Waals surface area contributed by atoms with E-state index in [-0.39, 0.29) is 5.43 Å². The molecule has 0 saturated heterocycles. The lowest BCUT2D eigenvalue weighted by Gasteiger charge is -1.92. The van der Waals surface area contributed by atoms with Crippen molar-refractivity contribution in [2.75, 3.05) is 0 Å². The zero-order chi connectivity index (χ0) is 11.8. The first-order chi connectivity index (χ1) is 8.27. The minimum Gasteiger partial charge on any atom is -0.289 e. The summed E-state index contributed by atoms with van der Waals surface area (Å²) in [7, 11) is 0. The molecule has 0 aliphatic carbocycles. The van der Waals surface area contributed by atoms with Crippen LogP contribution < -0.4 is 5.43 Å². The van der Waals surface area contributed by atoms with Gasteiger partial charge in [-0.25, -0.2) is 0 Å². The second-order valence-corrected chi connectivity index (χ2v) is 5.12. The van der Waals surface area contributed by atoms with Crippen LogP contribution >= 0.6 is 22.6 Å². The highest BCUT2D eigenvalue weighted by molar-refractivity contribution is 14.1. The van der Waals surface area contributed by atoms with Crippen LogP contribution in [0.5, 0.6) is 0 Å². The van der Waals surface area contributed by atoms with E-state index in [1.165, 1.54) is 0 Å². The summed E-state index contributed by atoms with van der Waals surface area (Å²) in [6, 6.07) is 17.6. The lowest BCUT2D eigenvalue weighted by Crippen LogP contribution is -1.97. The number of fused-ring (bicyclic) bond motifs is 2. The molecule has 0 bridgehead atoms. The zero-order valence-corrected chi connectivity index (χ0v) is 11.1. The Morgan fingerprint density at radius 1 is 0.765 bits per heavy atom. The lowest BCUT2D eigenvalue weighted by molar-refractivity contribution is 1.74. The molecule has 0 N–H and O–H groups in total. The van der Waals surface area contributed by atoms with E-state index in [4.69, 9.17) is 0 Å². The third-order valence-corrected chi connectivity index (χ3v) is 3.81. The predicted molar refractivity (Wildman–Crippen MR) is 80.4 cm³/mol. The van der Waals surface area contributed by atoms with Gasteiger partial charge in [0.2, 0.25) is 0 Å². The number of halogens is 1. The first kappa shape index (κ1) is 10.7. The van der Waals surface area contributed by atoms with Gasteiger partial charge in [0.15, 0.2) is 5.43 Å². The summed E-state index contributed by atoms with van der Waals surface area (Å²) in [5.74, 6) is 0. The molecule has 0 amide bonds. The summed E-state index contributed by atoms with van der Waals surface area (Å²) in [5.41, 5.74) is 0.110. The molecule has 0 aromatic heterocycles. The quantitative estimate of drug-likeness (QED) is 0.570. The van der Waals surface area contributed by atoms with Crippen molar-refractivity contribution in [3.63, 3.8) is 0 Å². The van der Waals surface area contributed by atoms with Crippen molar-refractivity contribution in [2.24, 2.45) is 0 Å². The van der Waals surface area contributed by atoms with Gasteiger partial charge in [-0.1, -0.05) is 48.5 Å². The number of hydrogen-bond acceptors (Lipinski definition) is 1. The van der Waals surface area contributed by atoms with Gasteiger partial charge >= 0.3 is 0 Å². The fraction of sp³-hybridized carbons (Fsp3) is 0. The molecular weight excluding hydrogens is 323 g/mol. The molecule has 0 aliphatic heterocycles. The normalized spacial score (nSPS) is 10.9. The summed E-state index contributed by atoms with van der Waals surface area (Å²) < 4.78 is 1.11. The Balaban J connectivity index is 2.73. The van der Waals surface area contributed by atoms with Crippen molar-refractivity contribution >= 4 is 44.1 Å². The standard InChI is InChI=1S/C15H9IO/c16-14-9-10-5-1-2-6-11(10)15(17)13-8-4-3-7-12(13)14/h1-9H. The predicted octanol–water partition coefficient (Wildman–Crippen LogP) is 3.96. The fourth-order valence-electron chi connectivity index (χ4n) is 2.08. The molecule has 3 aromatic rings. The molecule has 0 radical (unpaired) electrons. The Bertz CT molecular complexity index is 778. The van der Waals surface area contributed by atoms with Gasteiger partial charge in [-0.2, -0.15) is 0 Å². The summed E-state index contributed by atoms with van der Waals surface area (Å²) in [5, 5.41) is 3.59. The average Bonchev–Trinajstić information content (AvgIpc) is 2.48. The highest BCUT2D eigenvalue weighted by Gasteiger charge is 2.04. The van der Waals surface area contributed by atoms with Gasteiger partial charge in [-0.05, 0) is 39.4 Å². The van der Waals surface area contributed by atoms with Gasteiger partial charge in [0.1, 0.15) is 0 Å². The van der Waals surface area contributed by atoms with Crippen LogP contribution in [0.3, 0.4) is 0 Å². The van der Waals surface area contributed by atoms with Gasteiger partial charge in [-0.3, -0.25) is 4.79 Å². The topological polar surface area (TPSA) is 17.1 Å². The van der Waals surface area contributed by atoms with E-state index in [1.807, 2.05) is 48.5 Å². The second kappa shape index (κ2) is 4.11. The van der Waals surface area contributed by atoms with Crippen molar-refractivity contribution in [3.05, 3.63) is 68.4 Å². The monoisotopic (exact) mass is 332 g/mol. The minimum atomic E-state index is 0.110. The number of rotatable bonds is 0. The molecule has 0 heterocycles. The van der Waals surface area contributed by atoms with Crippen molar-refractivity contribution in [1.82, 2.24) is 0 Å². The highest BCUT2D eigenvalue weighted by atomic mass is 127. The van der Waals surface area contributed by atoms with Gasteiger partial charge < -0.3 is 0 Å². The smallest absolute Gasteiger partial charge is 0.194 e. The molecule has 17 heavy (non-hydrogen) atoms. The Kier molecular flexibility index (Phi) is 2.59. The molecule has 1 nitrogen and oxygen atoms in total. The minimum absolute atomic E-state index is 0.110. The zero-order valence-electron chi connectivity index (χ0n) is 8.98. The largest absolute Gasteiger partial charge is 0.289 e. The maximum absolute atomic E-state index is 12.4. The molecule has 0 saturated carbocycles. The summed E-state index contributed by atoms with van der Waals surface area (Å²) in [4.78, 5) is 12.4. The second-order valence-electron chi connectivity index (χ2n) is 3.95. The van der Waals surface area contributed by atoms with E-state index in [2.05, 4.69) is 28.7 Å². The van der Waals surface area contributed by atoms with Gasteiger partial charge in [-0.15, -0.1) is 0 Å². The van der Waals surface area contributed by atoms with Gasteiger partial charge in [0.05, 0.1) is 0 Å². The summed E-state index contributed by atoms with van der Waals surface area (Å²) in [6.45, 7) is 0. The van der Waals surface area contributed by atoms with Crippen molar-refractivity contribution < 1.29 is 0 Å². The van der Waals surface area contributed by atoms with E-state index in [0.29, 0.717) is 0 Å². The molecule has 0 atom stereocenters. The molecule has 0 fully saturated rings. The van der Waals surface area contributed by atoms with Crippen molar-refractivity contribution in [1.29, 1.82) is 0 Å². The van der Waals surface area contributed by atoms with Crippen LogP contribution in [0.2, 0.25) is 0 Å². The average molecular weight is 332 g/mol. The Labute approximate surface area is 112 Å². The molecule has 82 valence electrons. The summed E-state index contributed by atoms with van der Waals surface area (Å²) in [6.07, 6.45) is 0. The first-order valence-electron chi connectivity index (χ1n) is 5.38. The number of hydrogen-bond donors (Lipinski definition) is 0. The van der Waals surface area contributed by atoms with Crippen LogP contribution in [0.15, 0.2) is 59.4 Å². The molecule has 0 spiro atoms. The Hall–Kier alpha value is -1.42. The lowest BCUT2D eigenvalue weighted by atomic mass is 10.1. The van der Waals surface area contributed by atoms with Gasteiger partial charge in [0.25, 0.3) is 0 Å². The Morgan fingerprint density at radius 3 is 2.12 bits per heavy atom. The molecule has 0 unspecified atom stereocenters. The van der Waals surface area contributed by atoms with E-state index in [1.54, 1.807) is 0 Å². The third kappa shape index (κ3) is 1.72. The van der Waals surface area contributed by atoms with Crippen LogP contribution in [0, 0.1) is 3.57 Å². The SMILES string of the molecule is O=c1c2ccccc2cc(I)c2ccccc12. The van der Waals surface area contributed by atoms with Crippen LogP contribution in [-0.4, -0.2) is 0 Å². The third-order valence-electron chi connectivity index (χ3n) is 2.92. The summed E-state index contributed by atoms with van der Waals surface area (Å²) >= 11 is 2.29. The van der Waals surface area contributed by atoms with E-state index in [9.17, 15) is 4.79 Å². The van der Waals surface area contributed by atoms with Crippen LogP contribution in [0.25, 0.3) is 21.5 Å². The molecule has 0 aliphatic rings. The van der Waals surface area contributed by atoms with Crippen LogP contribution in [-0.2, 0) is 0 Å². The van der Waals surface area contributed by atoms with Gasteiger partial charge in [0, 0.05) is 14.3 Å². The van der Waals surface area contributed by atoms with Crippen LogP contribution in [0.4, 0.5) is 0 Å². The maximum atomic E-state index is 12.4. The molecule has 3 rings (SSSR count). The van der Waals surface area contributed by atoms with Crippen molar-refractivity contribution in [2.45, 2.75) is 0 Å². The molecule has 2 heteroatoms.